The lowest BCUT2D eigenvalue weighted by molar-refractivity contribution is -0.142. The minimum absolute atomic E-state index is 0.0456. The number of benzene rings is 2. The van der Waals surface area contributed by atoms with Crippen molar-refractivity contribution in [2.24, 2.45) is 0 Å². The van der Waals surface area contributed by atoms with Gasteiger partial charge < -0.3 is 20.1 Å². The highest BCUT2D eigenvalue weighted by Crippen LogP contribution is 2.33. The molecule has 2 rings (SSSR count). The van der Waals surface area contributed by atoms with Crippen LogP contribution in [0.3, 0.4) is 0 Å². The quantitative estimate of drug-likeness (QED) is 0.450. The summed E-state index contributed by atoms with van der Waals surface area (Å²) in [6, 6.07) is 12.5. The third-order valence-corrected chi connectivity index (χ3v) is 4.24. The van der Waals surface area contributed by atoms with Gasteiger partial charge in [-0.2, -0.15) is 0 Å². The molecule has 1 amide bonds. The van der Waals surface area contributed by atoms with Gasteiger partial charge in [0.25, 0.3) is 0 Å². The van der Waals surface area contributed by atoms with Crippen LogP contribution in [0.5, 0.6) is 0 Å². The van der Waals surface area contributed by atoms with Crippen molar-refractivity contribution in [1.29, 1.82) is 0 Å². The molecule has 0 aliphatic rings. The number of carbonyl (C=O) groups excluding carboxylic acids is 2. The van der Waals surface area contributed by atoms with Crippen LogP contribution in [0.1, 0.15) is 26.3 Å². The number of amides is 1. The zero-order valence-corrected chi connectivity index (χ0v) is 18.1. The maximum Gasteiger partial charge on any atom is 0.407 e. The number of halogens is 2. The highest BCUT2D eigenvalue weighted by molar-refractivity contribution is 6.39. The van der Waals surface area contributed by atoms with Crippen LogP contribution in [0.15, 0.2) is 42.5 Å². The van der Waals surface area contributed by atoms with Crippen LogP contribution in [-0.4, -0.2) is 30.8 Å². The molecule has 0 radical (unpaired) electrons. The number of nitrogens with one attached hydrogen (secondary N) is 2. The SMILES string of the molecule is CC(C)(C)OC(=O)NCCOC(=O)Cc1ccccc1Nc1c(Cl)cccc1Cl. The molecule has 0 atom stereocenters. The van der Waals surface area contributed by atoms with Crippen LogP contribution in [0.4, 0.5) is 16.2 Å². The molecule has 2 aromatic rings. The molecule has 8 heteroatoms. The fourth-order valence-corrected chi connectivity index (χ4v) is 2.88. The van der Waals surface area contributed by atoms with Gasteiger partial charge in [-0.3, -0.25) is 4.79 Å². The average molecular weight is 439 g/mol. The molecule has 156 valence electrons. The van der Waals surface area contributed by atoms with Gasteiger partial charge in [0.1, 0.15) is 12.2 Å². The zero-order chi connectivity index (χ0) is 21.4. The molecule has 2 N–H and O–H groups in total. The Kier molecular flexibility index (Phi) is 8.17. The lowest BCUT2D eigenvalue weighted by atomic mass is 10.1. The van der Waals surface area contributed by atoms with E-state index in [9.17, 15) is 9.59 Å². The van der Waals surface area contributed by atoms with E-state index in [1.54, 1.807) is 39.0 Å². The van der Waals surface area contributed by atoms with Crippen LogP contribution in [0.25, 0.3) is 0 Å². The van der Waals surface area contributed by atoms with E-state index < -0.39 is 17.7 Å². The van der Waals surface area contributed by atoms with Gasteiger partial charge in [0.2, 0.25) is 0 Å². The van der Waals surface area contributed by atoms with Gasteiger partial charge in [-0.05, 0) is 44.5 Å². The number of hydrogen-bond acceptors (Lipinski definition) is 5. The summed E-state index contributed by atoms with van der Waals surface area (Å²) in [5, 5.41) is 6.66. The number of hydrogen-bond donors (Lipinski definition) is 2. The predicted octanol–water partition coefficient (Wildman–Crippen LogP) is 5.35. The van der Waals surface area contributed by atoms with Crippen molar-refractivity contribution in [2.75, 3.05) is 18.5 Å². The van der Waals surface area contributed by atoms with Crippen molar-refractivity contribution in [1.82, 2.24) is 5.32 Å². The van der Waals surface area contributed by atoms with Gasteiger partial charge >= 0.3 is 12.1 Å². The van der Waals surface area contributed by atoms with E-state index in [1.807, 2.05) is 24.3 Å². The molecular weight excluding hydrogens is 415 g/mol. The Morgan fingerprint density at radius 2 is 1.66 bits per heavy atom. The highest BCUT2D eigenvalue weighted by Gasteiger charge is 2.16. The standard InChI is InChI=1S/C21H24Cl2N2O4/c1-21(2,3)29-20(27)24-11-12-28-18(26)13-14-7-4-5-10-17(14)25-19-15(22)8-6-9-16(19)23/h4-10,25H,11-13H2,1-3H3,(H,24,27). The second-order valence-corrected chi connectivity index (χ2v) is 8.02. The molecule has 0 unspecified atom stereocenters. The third kappa shape index (κ3) is 7.83. The number of esters is 1. The Balaban J connectivity index is 1.89. The molecule has 0 heterocycles. The zero-order valence-electron chi connectivity index (χ0n) is 16.6. The van der Waals surface area contributed by atoms with E-state index in [4.69, 9.17) is 32.7 Å². The number of para-hydroxylation sites is 2. The lowest BCUT2D eigenvalue weighted by Gasteiger charge is -2.19. The minimum Gasteiger partial charge on any atom is -0.464 e. The topological polar surface area (TPSA) is 76.7 Å². The van der Waals surface area contributed by atoms with Gasteiger partial charge in [-0.25, -0.2) is 4.79 Å². The van der Waals surface area contributed by atoms with Crippen LogP contribution < -0.4 is 10.6 Å². The van der Waals surface area contributed by atoms with Crippen LogP contribution in [-0.2, 0) is 20.7 Å². The summed E-state index contributed by atoms with van der Waals surface area (Å²) < 4.78 is 10.3. The molecule has 6 nitrogen and oxygen atoms in total. The van der Waals surface area contributed by atoms with Crippen LogP contribution in [0, 0.1) is 0 Å². The van der Waals surface area contributed by atoms with Crippen molar-refractivity contribution < 1.29 is 19.1 Å². The van der Waals surface area contributed by atoms with E-state index in [0.717, 1.165) is 5.56 Å². The molecule has 0 aliphatic heterocycles. The van der Waals surface area contributed by atoms with Gasteiger partial charge in [-0.15, -0.1) is 0 Å². The van der Waals surface area contributed by atoms with E-state index in [2.05, 4.69) is 10.6 Å². The monoisotopic (exact) mass is 438 g/mol. The third-order valence-electron chi connectivity index (χ3n) is 3.61. The highest BCUT2D eigenvalue weighted by atomic mass is 35.5. The Bertz CT molecular complexity index is 846. The number of anilines is 2. The lowest BCUT2D eigenvalue weighted by Crippen LogP contribution is -2.34. The van der Waals surface area contributed by atoms with Crippen molar-refractivity contribution >= 4 is 46.6 Å². The molecule has 0 bridgehead atoms. The largest absolute Gasteiger partial charge is 0.464 e. The summed E-state index contributed by atoms with van der Waals surface area (Å²) in [5.41, 5.74) is 1.42. The molecule has 29 heavy (non-hydrogen) atoms. The second kappa shape index (κ2) is 10.4. The summed E-state index contributed by atoms with van der Waals surface area (Å²) in [6.07, 6.45) is -0.503. The number of ether oxygens (including phenoxy) is 2. The summed E-state index contributed by atoms with van der Waals surface area (Å²) in [4.78, 5) is 23.7. The Hall–Kier alpha value is -2.44. The predicted molar refractivity (Wildman–Crippen MR) is 115 cm³/mol. The fourth-order valence-electron chi connectivity index (χ4n) is 2.39. The molecule has 2 aromatic carbocycles. The molecule has 0 fully saturated rings. The maximum atomic E-state index is 12.2. The first-order valence-corrected chi connectivity index (χ1v) is 9.83. The molecule has 0 aromatic heterocycles. The van der Waals surface area contributed by atoms with E-state index >= 15 is 0 Å². The van der Waals surface area contributed by atoms with Crippen molar-refractivity contribution in [3.8, 4) is 0 Å². The number of carbonyl (C=O) groups is 2. The van der Waals surface area contributed by atoms with Gasteiger partial charge in [0.15, 0.2) is 0 Å². The molecule has 0 spiro atoms. The molecule has 0 aliphatic carbocycles. The Morgan fingerprint density at radius 1 is 1.00 bits per heavy atom. The normalized spacial score (nSPS) is 10.9. The fraction of sp³-hybridized carbons (Fsp3) is 0.333. The van der Waals surface area contributed by atoms with E-state index in [0.29, 0.717) is 21.4 Å². The van der Waals surface area contributed by atoms with Crippen molar-refractivity contribution in [2.45, 2.75) is 32.8 Å². The molecule has 0 saturated heterocycles. The minimum atomic E-state index is -0.581. The van der Waals surface area contributed by atoms with Crippen LogP contribution in [0.2, 0.25) is 10.0 Å². The first-order valence-electron chi connectivity index (χ1n) is 9.07. The Labute approximate surface area is 180 Å². The van der Waals surface area contributed by atoms with Crippen molar-refractivity contribution in [3.05, 3.63) is 58.1 Å². The first kappa shape index (κ1) is 22.8. The summed E-state index contributed by atoms with van der Waals surface area (Å²) >= 11 is 12.4. The Morgan fingerprint density at radius 3 is 2.31 bits per heavy atom. The van der Waals surface area contributed by atoms with Crippen molar-refractivity contribution in [3.63, 3.8) is 0 Å². The average Bonchev–Trinajstić information content (AvgIpc) is 2.62. The first-order chi connectivity index (χ1) is 13.7. The summed E-state index contributed by atoms with van der Waals surface area (Å²) in [7, 11) is 0. The summed E-state index contributed by atoms with van der Waals surface area (Å²) in [5.74, 6) is -0.421. The number of rotatable bonds is 7. The summed E-state index contributed by atoms with van der Waals surface area (Å²) in [6.45, 7) is 5.52. The number of alkyl carbamates (subject to hydrolysis) is 1. The second-order valence-electron chi connectivity index (χ2n) is 7.20. The van der Waals surface area contributed by atoms with E-state index in [-0.39, 0.29) is 19.6 Å². The van der Waals surface area contributed by atoms with Gasteiger partial charge in [-0.1, -0.05) is 47.5 Å². The molecule has 0 saturated carbocycles. The van der Waals surface area contributed by atoms with Gasteiger partial charge in [0, 0.05) is 5.69 Å². The van der Waals surface area contributed by atoms with Crippen LogP contribution >= 0.6 is 23.2 Å². The maximum absolute atomic E-state index is 12.2. The van der Waals surface area contributed by atoms with E-state index in [1.165, 1.54) is 0 Å². The van der Waals surface area contributed by atoms with Gasteiger partial charge in [0.05, 0.1) is 28.7 Å². The molecular formula is C21H24Cl2N2O4. The smallest absolute Gasteiger partial charge is 0.407 e.